The second-order valence-electron chi connectivity index (χ2n) is 12.7. The second kappa shape index (κ2) is 12.2. The number of nitrogens with zero attached hydrogens (tertiary/aromatic N) is 6. The fourth-order valence-electron chi connectivity index (χ4n) is 5.21. The molecular weight excluding hydrogens is 548 g/mol. The third kappa shape index (κ3) is 7.72. The van der Waals surface area contributed by atoms with Crippen molar-refractivity contribution in [1.82, 2.24) is 24.7 Å². The lowest BCUT2D eigenvalue weighted by atomic mass is 10.1. The SMILES string of the molecule is CC(C)(C)OC(=O)N1CC(=O)C[C@H]1C(=O)OC(=O)[C@@H]1C[C@H](N2CCN(c3ncccn3)CC2)CN1C(=O)OC(C)(C)C. The second-order valence-corrected chi connectivity index (χ2v) is 12.7. The van der Waals surface area contributed by atoms with E-state index in [1.165, 1.54) is 4.90 Å². The van der Waals surface area contributed by atoms with Crippen LogP contribution in [0.1, 0.15) is 54.4 Å². The van der Waals surface area contributed by atoms with Gasteiger partial charge in [-0.3, -0.25) is 19.5 Å². The van der Waals surface area contributed by atoms with Crippen LogP contribution in [-0.2, 0) is 28.6 Å². The van der Waals surface area contributed by atoms with Gasteiger partial charge in [-0.1, -0.05) is 0 Å². The number of esters is 2. The molecule has 0 radical (unpaired) electrons. The number of carbonyl (C=O) groups is 5. The van der Waals surface area contributed by atoms with Gasteiger partial charge in [-0.25, -0.2) is 29.1 Å². The van der Waals surface area contributed by atoms with E-state index in [2.05, 4.69) is 19.8 Å². The lowest BCUT2D eigenvalue weighted by molar-refractivity contribution is -0.166. The molecule has 0 bridgehead atoms. The Bertz CT molecular complexity index is 1190. The van der Waals surface area contributed by atoms with E-state index in [9.17, 15) is 24.0 Å². The van der Waals surface area contributed by atoms with Crippen LogP contribution in [0.5, 0.6) is 0 Å². The van der Waals surface area contributed by atoms with Crippen LogP contribution in [0.3, 0.4) is 0 Å². The fourth-order valence-corrected chi connectivity index (χ4v) is 5.21. The maximum Gasteiger partial charge on any atom is 0.411 e. The van der Waals surface area contributed by atoms with Crippen molar-refractivity contribution in [3.8, 4) is 0 Å². The summed E-state index contributed by atoms with van der Waals surface area (Å²) < 4.78 is 16.1. The quantitative estimate of drug-likeness (QED) is 0.285. The topological polar surface area (TPSA) is 152 Å². The Morgan fingerprint density at radius 1 is 0.810 bits per heavy atom. The number of rotatable bonds is 4. The lowest BCUT2D eigenvalue weighted by Crippen LogP contribution is -2.51. The summed E-state index contributed by atoms with van der Waals surface area (Å²) in [5, 5.41) is 0. The molecule has 42 heavy (non-hydrogen) atoms. The molecule has 2 amide bonds. The van der Waals surface area contributed by atoms with Gasteiger partial charge in [0.05, 0.1) is 6.54 Å². The normalized spacial score (nSPS) is 23.6. The Balaban J connectivity index is 1.44. The van der Waals surface area contributed by atoms with Gasteiger partial charge in [0.1, 0.15) is 23.3 Å². The Morgan fingerprint density at radius 3 is 1.93 bits per heavy atom. The minimum Gasteiger partial charge on any atom is -0.444 e. The van der Waals surface area contributed by atoms with Gasteiger partial charge in [-0.15, -0.1) is 0 Å². The minimum absolute atomic E-state index is 0.185. The van der Waals surface area contributed by atoms with Gasteiger partial charge in [0, 0.05) is 57.6 Å². The van der Waals surface area contributed by atoms with Crippen LogP contribution in [0.15, 0.2) is 18.5 Å². The molecule has 1 aromatic rings. The summed E-state index contributed by atoms with van der Waals surface area (Å²) in [6, 6.07) is -0.809. The van der Waals surface area contributed by atoms with Crippen molar-refractivity contribution in [1.29, 1.82) is 0 Å². The first-order valence-corrected chi connectivity index (χ1v) is 14.1. The van der Waals surface area contributed by atoms with Crippen LogP contribution in [0, 0.1) is 0 Å². The molecule has 14 heteroatoms. The van der Waals surface area contributed by atoms with E-state index in [-0.39, 0.29) is 37.8 Å². The van der Waals surface area contributed by atoms with Crippen molar-refractivity contribution >= 4 is 35.9 Å². The first kappa shape index (κ1) is 31.1. The highest BCUT2D eigenvalue weighted by Crippen LogP contribution is 2.28. The molecule has 0 N–H and O–H groups in total. The van der Waals surface area contributed by atoms with Crippen molar-refractivity contribution in [2.45, 2.75) is 83.7 Å². The molecule has 3 aliphatic rings. The molecule has 0 aromatic carbocycles. The molecule has 3 saturated heterocycles. The van der Waals surface area contributed by atoms with Crippen LogP contribution in [0.2, 0.25) is 0 Å². The number of hydrogen-bond acceptors (Lipinski definition) is 12. The fraction of sp³-hybridized carbons (Fsp3) is 0.679. The smallest absolute Gasteiger partial charge is 0.411 e. The number of ether oxygens (including phenoxy) is 3. The van der Waals surface area contributed by atoms with Crippen molar-refractivity contribution in [3.63, 3.8) is 0 Å². The zero-order valence-corrected chi connectivity index (χ0v) is 25.1. The molecular formula is C28H40N6O8. The van der Waals surface area contributed by atoms with Gasteiger partial charge >= 0.3 is 24.1 Å². The summed E-state index contributed by atoms with van der Waals surface area (Å²) in [4.78, 5) is 79.6. The maximum atomic E-state index is 13.4. The van der Waals surface area contributed by atoms with Gasteiger partial charge in [0.25, 0.3) is 0 Å². The number of aromatic nitrogens is 2. The van der Waals surface area contributed by atoms with Crippen LogP contribution in [0.25, 0.3) is 0 Å². The van der Waals surface area contributed by atoms with Crippen LogP contribution in [0.4, 0.5) is 15.5 Å². The molecule has 1 aromatic heterocycles. The molecule has 4 heterocycles. The molecule has 3 atom stereocenters. The van der Waals surface area contributed by atoms with Crippen LogP contribution < -0.4 is 4.90 Å². The highest BCUT2D eigenvalue weighted by molar-refractivity contribution is 5.99. The van der Waals surface area contributed by atoms with Crippen molar-refractivity contribution in [2.75, 3.05) is 44.2 Å². The summed E-state index contributed by atoms with van der Waals surface area (Å²) in [5.41, 5.74) is -1.65. The Morgan fingerprint density at radius 2 is 1.36 bits per heavy atom. The summed E-state index contributed by atoms with van der Waals surface area (Å²) in [7, 11) is 0. The third-order valence-electron chi connectivity index (χ3n) is 7.09. The molecule has 14 nitrogen and oxygen atoms in total. The van der Waals surface area contributed by atoms with Crippen molar-refractivity contribution in [3.05, 3.63) is 18.5 Å². The predicted molar refractivity (Wildman–Crippen MR) is 148 cm³/mol. The molecule has 3 fully saturated rings. The molecule has 0 spiro atoms. The van der Waals surface area contributed by atoms with Crippen LogP contribution >= 0.6 is 0 Å². The van der Waals surface area contributed by atoms with E-state index in [1.807, 2.05) is 0 Å². The number of piperazine rings is 1. The largest absolute Gasteiger partial charge is 0.444 e. The zero-order chi connectivity index (χ0) is 30.8. The monoisotopic (exact) mass is 588 g/mol. The van der Waals surface area contributed by atoms with E-state index < -0.39 is 47.4 Å². The van der Waals surface area contributed by atoms with E-state index in [0.29, 0.717) is 32.1 Å². The predicted octanol–water partition coefficient (Wildman–Crippen LogP) is 1.62. The Hall–Kier alpha value is -3.81. The number of Topliss-reactive ketones (excluding diaryl/α,β-unsaturated/α-hetero) is 1. The zero-order valence-electron chi connectivity index (χ0n) is 25.1. The van der Waals surface area contributed by atoms with E-state index in [1.54, 1.807) is 60.0 Å². The first-order chi connectivity index (χ1) is 19.6. The number of ketones is 1. The summed E-state index contributed by atoms with van der Waals surface area (Å²) >= 11 is 0. The van der Waals surface area contributed by atoms with Gasteiger partial charge < -0.3 is 19.1 Å². The highest BCUT2D eigenvalue weighted by atomic mass is 16.6. The standard InChI is InChI=1S/C28H40N6O8/c1-27(2,3)41-25(38)33-16-18(31-10-12-32(13-11-31)24-29-8-7-9-30-24)14-20(33)22(36)40-23(37)21-15-19(35)17-34(21)26(39)42-28(4,5)6/h7-9,18,20-21H,10-17H2,1-6H3/t18-,20-,21-/m0/s1. The van der Waals surface area contributed by atoms with Crippen LogP contribution in [-0.4, -0.2) is 123 Å². The number of anilines is 1. The maximum absolute atomic E-state index is 13.4. The average molecular weight is 589 g/mol. The number of likely N-dealkylation sites (tertiary alicyclic amines) is 2. The summed E-state index contributed by atoms with van der Waals surface area (Å²) in [5.74, 6) is -1.69. The number of hydrogen-bond donors (Lipinski definition) is 0. The third-order valence-corrected chi connectivity index (χ3v) is 7.09. The average Bonchev–Trinajstić information content (AvgIpc) is 3.52. The Labute approximate surface area is 245 Å². The first-order valence-electron chi connectivity index (χ1n) is 14.1. The molecule has 0 unspecified atom stereocenters. The van der Waals surface area contributed by atoms with Gasteiger partial charge in [0.15, 0.2) is 5.78 Å². The lowest BCUT2D eigenvalue weighted by Gasteiger charge is -2.37. The van der Waals surface area contributed by atoms with E-state index in [0.717, 1.165) is 4.90 Å². The van der Waals surface area contributed by atoms with Gasteiger partial charge in [0.2, 0.25) is 5.95 Å². The molecule has 3 aliphatic heterocycles. The molecule has 230 valence electrons. The van der Waals surface area contributed by atoms with Gasteiger partial charge in [-0.2, -0.15) is 0 Å². The molecule has 0 aliphatic carbocycles. The summed E-state index contributed by atoms with van der Waals surface area (Å²) in [6.07, 6.45) is 1.78. The van der Waals surface area contributed by atoms with Gasteiger partial charge in [-0.05, 0) is 54.0 Å². The van der Waals surface area contributed by atoms with Crippen molar-refractivity contribution < 1.29 is 38.2 Å². The Kier molecular flexibility index (Phi) is 9.04. The number of carbonyl (C=O) groups excluding carboxylic acids is 5. The van der Waals surface area contributed by atoms with E-state index >= 15 is 0 Å². The number of amides is 2. The highest BCUT2D eigenvalue weighted by Gasteiger charge is 2.47. The minimum atomic E-state index is -1.29. The molecule has 0 saturated carbocycles. The molecule has 4 rings (SSSR count). The van der Waals surface area contributed by atoms with E-state index in [4.69, 9.17) is 14.2 Å². The summed E-state index contributed by atoms with van der Waals surface area (Å²) in [6.45, 7) is 12.7. The van der Waals surface area contributed by atoms with Crippen molar-refractivity contribution in [2.24, 2.45) is 0 Å².